The fourth-order valence-electron chi connectivity index (χ4n) is 4.47. The number of ether oxygens (including phenoxy) is 1. The summed E-state index contributed by atoms with van der Waals surface area (Å²) in [4.78, 5) is 14.3. The molecule has 4 atom stereocenters. The van der Waals surface area contributed by atoms with E-state index in [1.165, 1.54) is 19.3 Å². The molecular formula is C19H26ClNO3. The molecule has 2 bridgehead atoms. The molecule has 1 amide bonds. The van der Waals surface area contributed by atoms with E-state index < -0.39 is 0 Å². The van der Waals surface area contributed by atoms with Crippen molar-refractivity contribution in [1.29, 1.82) is 0 Å². The number of rotatable bonds is 7. The Morgan fingerprint density at radius 2 is 2.00 bits per heavy atom. The average Bonchev–Trinajstić information content (AvgIpc) is 3.16. The molecule has 0 radical (unpaired) electrons. The highest BCUT2D eigenvalue weighted by Gasteiger charge is 2.45. The van der Waals surface area contributed by atoms with E-state index in [0.29, 0.717) is 29.2 Å². The Balaban J connectivity index is 1.56. The van der Waals surface area contributed by atoms with Gasteiger partial charge in [-0.1, -0.05) is 18.5 Å². The molecule has 5 heteroatoms. The number of carbonyl (C=O) groups is 1. The molecule has 4 unspecified atom stereocenters. The van der Waals surface area contributed by atoms with Crippen molar-refractivity contribution in [3.05, 3.63) is 29.3 Å². The zero-order chi connectivity index (χ0) is 17.1. The van der Waals surface area contributed by atoms with E-state index in [2.05, 4.69) is 6.92 Å². The van der Waals surface area contributed by atoms with Crippen LogP contribution in [0.3, 0.4) is 0 Å². The normalized spacial score (nSPS) is 28.1. The summed E-state index contributed by atoms with van der Waals surface area (Å²) in [6.07, 6.45) is 3.95. The van der Waals surface area contributed by atoms with Crippen molar-refractivity contribution in [1.82, 2.24) is 4.90 Å². The highest BCUT2D eigenvalue weighted by Crippen LogP contribution is 2.52. The van der Waals surface area contributed by atoms with Crippen molar-refractivity contribution in [3.8, 4) is 5.75 Å². The van der Waals surface area contributed by atoms with Crippen molar-refractivity contribution in [3.63, 3.8) is 0 Å². The van der Waals surface area contributed by atoms with Crippen LogP contribution < -0.4 is 4.74 Å². The van der Waals surface area contributed by atoms with Crippen LogP contribution >= 0.6 is 11.6 Å². The van der Waals surface area contributed by atoms with Gasteiger partial charge in [0, 0.05) is 18.1 Å². The number of aliphatic hydroxyl groups excluding tert-OH is 1. The quantitative estimate of drug-likeness (QED) is 0.820. The predicted octanol–water partition coefficient (Wildman–Crippen LogP) is 3.22. The molecule has 2 aliphatic rings. The third-order valence-corrected chi connectivity index (χ3v) is 6.12. The molecule has 0 saturated heterocycles. The summed E-state index contributed by atoms with van der Waals surface area (Å²) in [6, 6.07) is 6.99. The second kappa shape index (κ2) is 7.75. The summed E-state index contributed by atoms with van der Waals surface area (Å²) in [7, 11) is 0. The first-order valence-electron chi connectivity index (χ1n) is 8.85. The molecule has 24 heavy (non-hydrogen) atoms. The van der Waals surface area contributed by atoms with Crippen LogP contribution in [-0.2, 0) is 4.79 Å². The van der Waals surface area contributed by atoms with Crippen molar-refractivity contribution in [2.24, 2.45) is 23.7 Å². The lowest BCUT2D eigenvalue weighted by atomic mass is 9.80. The molecule has 0 heterocycles. The molecule has 4 nitrogen and oxygen atoms in total. The van der Waals surface area contributed by atoms with Crippen LogP contribution in [0.4, 0.5) is 0 Å². The van der Waals surface area contributed by atoms with E-state index >= 15 is 0 Å². The Morgan fingerprint density at radius 3 is 2.62 bits per heavy atom. The first-order valence-corrected chi connectivity index (χ1v) is 9.23. The van der Waals surface area contributed by atoms with Crippen LogP contribution in [0.15, 0.2) is 24.3 Å². The third kappa shape index (κ3) is 3.86. The molecule has 2 fully saturated rings. The van der Waals surface area contributed by atoms with Crippen molar-refractivity contribution in [2.75, 3.05) is 26.3 Å². The highest BCUT2D eigenvalue weighted by molar-refractivity contribution is 6.30. The smallest absolute Gasteiger partial charge is 0.260 e. The Kier molecular flexibility index (Phi) is 5.67. The van der Waals surface area contributed by atoms with Crippen LogP contribution in [-0.4, -0.2) is 42.2 Å². The van der Waals surface area contributed by atoms with Crippen molar-refractivity contribution in [2.45, 2.75) is 26.2 Å². The number of amides is 1. The van der Waals surface area contributed by atoms with Gasteiger partial charge < -0.3 is 14.7 Å². The fourth-order valence-corrected chi connectivity index (χ4v) is 4.60. The maximum atomic E-state index is 12.5. The van der Waals surface area contributed by atoms with Crippen molar-refractivity contribution < 1.29 is 14.6 Å². The van der Waals surface area contributed by atoms with Crippen LogP contribution in [0.25, 0.3) is 0 Å². The second-order valence-corrected chi connectivity index (χ2v) is 7.60. The van der Waals surface area contributed by atoms with E-state index in [4.69, 9.17) is 16.3 Å². The lowest BCUT2D eigenvalue weighted by Gasteiger charge is -2.33. The van der Waals surface area contributed by atoms with Gasteiger partial charge in [0.25, 0.3) is 5.91 Å². The molecule has 0 aromatic heterocycles. The topological polar surface area (TPSA) is 49.8 Å². The minimum Gasteiger partial charge on any atom is -0.484 e. The Bertz CT molecular complexity index is 560. The monoisotopic (exact) mass is 351 g/mol. The van der Waals surface area contributed by atoms with Gasteiger partial charge in [-0.15, -0.1) is 0 Å². The van der Waals surface area contributed by atoms with Crippen LogP contribution in [0, 0.1) is 23.7 Å². The molecule has 132 valence electrons. The van der Waals surface area contributed by atoms with Gasteiger partial charge in [-0.25, -0.2) is 0 Å². The number of halogens is 1. The molecule has 0 aliphatic heterocycles. The van der Waals surface area contributed by atoms with Gasteiger partial charge in [-0.05, 0) is 67.2 Å². The lowest BCUT2D eigenvalue weighted by molar-refractivity contribution is -0.135. The number of nitrogens with zero attached hydrogens (tertiary/aromatic N) is 1. The van der Waals surface area contributed by atoms with Gasteiger partial charge in [0.2, 0.25) is 0 Å². The van der Waals surface area contributed by atoms with E-state index in [1.54, 1.807) is 29.2 Å². The lowest BCUT2D eigenvalue weighted by Crippen LogP contribution is -2.42. The third-order valence-electron chi connectivity index (χ3n) is 5.87. The fraction of sp³-hybridized carbons (Fsp3) is 0.632. The Hall–Kier alpha value is -1.26. The molecule has 2 saturated carbocycles. The number of fused-ring (bicyclic) bond motifs is 2. The Labute approximate surface area is 148 Å². The number of hydrogen-bond donors (Lipinski definition) is 1. The maximum absolute atomic E-state index is 12.5. The molecule has 0 spiro atoms. The molecule has 2 aliphatic carbocycles. The zero-order valence-electron chi connectivity index (χ0n) is 14.2. The predicted molar refractivity (Wildman–Crippen MR) is 94.1 cm³/mol. The number of carbonyl (C=O) groups excluding carboxylic acids is 1. The average molecular weight is 352 g/mol. The van der Waals surface area contributed by atoms with Gasteiger partial charge in [-0.3, -0.25) is 4.79 Å². The minimum absolute atomic E-state index is 0.00315. The first-order chi connectivity index (χ1) is 11.6. The van der Waals surface area contributed by atoms with E-state index in [9.17, 15) is 9.90 Å². The zero-order valence-corrected chi connectivity index (χ0v) is 14.9. The summed E-state index contributed by atoms with van der Waals surface area (Å²) < 4.78 is 5.57. The molecule has 1 aromatic carbocycles. The molecular weight excluding hydrogens is 326 g/mol. The largest absolute Gasteiger partial charge is 0.484 e. The Morgan fingerprint density at radius 1 is 1.29 bits per heavy atom. The van der Waals surface area contributed by atoms with Gasteiger partial charge in [0.1, 0.15) is 5.75 Å². The summed E-state index contributed by atoms with van der Waals surface area (Å²) >= 11 is 5.85. The standard InChI is InChI=1S/C19H26ClNO3/c1-13-14-2-3-15(10-14)18(13)11-21(8-9-22)19(23)12-24-17-6-4-16(20)5-7-17/h4-7,13-15,18,22H,2-3,8-12H2,1H3. The van der Waals surface area contributed by atoms with Gasteiger partial charge in [0.05, 0.1) is 6.61 Å². The minimum atomic E-state index is -0.0611. The second-order valence-electron chi connectivity index (χ2n) is 7.16. The number of hydrogen-bond acceptors (Lipinski definition) is 3. The van der Waals surface area contributed by atoms with Crippen LogP contribution in [0.2, 0.25) is 5.02 Å². The highest BCUT2D eigenvalue weighted by atomic mass is 35.5. The summed E-state index contributed by atoms with van der Waals surface area (Å²) in [5.74, 6) is 3.39. The van der Waals surface area contributed by atoms with Gasteiger partial charge >= 0.3 is 0 Å². The number of aliphatic hydroxyl groups is 1. The first kappa shape index (κ1) is 17.6. The maximum Gasteiger partial charge on any atom is 0.260 e. The summed E-state index contributed by atoms with van der Waals surface area (Å²) in [5, 5.41) is 9.96. The van der Waals surface area contributed by atoms with Gasteiger partial charge in [0.15, 0.2) is 6.61 Å². The molecule has 1 N–H and O–H groups in total. The van der Waals surface area contributed by atoms with Crippen LogP contribution in [0.1, 0.15) is 26.2 Å². The van der Waals surface area contributed by atoms with E-state index in [0.717, 1.165) is 18.4 Å². The number of benzene rings is 1. The summed E-state index contributed by atoms with van der Waals surface area (Å²) in [6.45, 7) is 3.42. The van der Waals surface area contributed by atoms with Gasteiger partial charge in [-0.2, -0.15) is 0 Å². The summed E-state index contributed by atoms with van der Waals surface area (Å²) in [5.41, 5.74) is 0. The van der Waals surface area contributed by atoms with E-state index in [1.807, 2.05) is 0 Å². The van der Waals surface area contributed by atoms with Crippen LogP contribution in [0.5, 0.6) is 5.75 Å². The van der Waals surface area contributed by atoms with Crippen molar-refractivity contribution >= 4 is 17.5 Å². The SMILES string of the molecule is CC1C2CCC(C2)C1CN(CCO)C(=O)COc1ccc(Cl)cc1. The molecule has 1 aromatic rings. The molecule has 3 rings (SSSR count). The van der Waals surface area contributed by atoms with E-state index in [-0.39, 0.29) is 19.1 Å².